The summed E-state index contributed by atoms with van der Waals surface area (Å²) in [5.74, 6) is 0.417. The Morgan fingerprint density at radius 2 is 1.76 bits per heavy atom. The van der Waals surface area contributed by atoms with Crippen molar-refractivity contribution in [3.63, 3.8) is 0 Å². The molecule has 0 saturated carbocycles. The Balaban J connectivity index is 1.54. The number of aliphatic hydroxyl groups is 2. The van der Waals surface area contributed by atoms with Gasteiger partial charge in [0.2, 0.25) is 0 Å². The van der Waals surface area contributed by atoms with Gasteiger partial charge in [-0.25, -0.2) is 4.79 Å². The van der Waals surface area contributed by atoms with E-state index in [2.05, 4.69) is 62.0 Å². The molecule has 2 fully saturated rings. The van der Waals surface area contributed by atoms with Gasteiger partial charge in [-0.05, 0) is 75.8 Å². The highest BCUT2D eigenvalue weighted by atomic mass is 16.6. The maximum absolute atomic E-state index is 12.5. The van der Waals surface area contributed by atoms with E-state index in [9.17, 15) is 15.0 Å². The van der Waals surface area contributed by atoms with E-state index < -0.39 is 16.8 Å². The van der Waals surface area contributed by atoms with Crippen LogP contribution in [0.2, 0.25) is 0 Å². The lowest BCUT2D eigenvalue weighted by Gasteiger charge is -2.56. The quantitative estimate of drug-likeness (QED) is 0.547. The van der Waals surface area contributed by atoms with Gasteiger partial charge in [-0.3, -0.25) is 4.98 Å². The van der Waals surface area contributed by atoms with Crippen LogP contribution in [0.3, 0.4) is 0 Å². The van der Waals surface area contributed by atoms with E-state index in [0.29, 0.717) is 31.7 Å². The van der Waals surface area contributed by atoms with Crippen molar-refractivity contribution in [2.45, 2.75) is 83.5 Å². The molecule has 0 spiro atoms. The van der Waals surface area contributed by atoms with E-state index in [1.165, 1.54) is 5.56 Å². The zero-order valence-corrected chi connectivity index (χ0v) is 24.1. The Kier molecular flexibility index (Phi) is 7.69. The molecule has 0 bridgehead atoms. The predicted molar refractivity (Wildman–Crippen MR) is 149 cm³/mol. The van der Waals surface area contributed by atoms with Crippen LogP contribution >= 0.6 is 0 Å². The molecule has 1 amide bonds. The van der Waals surface area contributed by atoms with E-state index in [1.807, 2.05) is 33.0 Å². The molecule has 0 aliphatic carbocycles. The minimum absolute atomic E-state index is 0.256. The summed E-state index contributed by atoms with van der Waals surface area (Å²) in [6, 6.07) is 10.4. The van der Waals surface area contributed by atoms with Crippen LogP contribution in [0.4, 0.5) is 4.79 Å². The molecule has 2 aliphatic rings. The molecule has 1 unspecified atom stereocenters. The summed E-state index contributed by atoms with van der Waals surface area (Å²) >= 11 is 0. The second-order valence-corrected chi connectivity index (χ2v) is 13.2. The first-order chi connectivity index (χ1) is 17.6. The van der Waals surface area contributed by atoms with Gasteiger partial charge in [0.25, 0.3) is 0 Å². The highest BCUT2D eigenvalue weighted by Crippen LogP contribution is 2.50. The molecule has 1 aromatic carbocycles. The number of carbonyl (C=O) groups excluding carboxylic acids is 1. The molecule has 2 aromatic rings. The molecular formula is C31H45N3O4. The number of carbonyl (C=O) groups is 1. The monoisotopic (exact) mass is 523 g/mol. The predicted octanol–water partition coefficient (Wildman–Crippen LogP) is 4.70. The van der Waals surface area contributed by atoms with Crippen molar-refractivity contribution in [2.24, 2.45) is 5.41 Å². The van der Waals surface area contributed by atoms with Gasteiger partial charge in [0.1, 0.15) is 11.2 Å². The van der Waals surface area contributed by atoms with Crippen LogP contribution in [0.5, 0.6) is 0 Å². The van der Waals surface area contributed by atoms with E-state index in [4.69, 9.17) is 4.74 Å². The van der Waals surface area contributed by atoms with Crippen LogP contribution in [0.1, 0.15) is 82.6 Å². The first-order valence-electron chi connectivity index (χ1n) is 13.8. The molecule has 0 radical (unpaired) electrons. The summed E-state index contributed by atoms with van der Waals surface area (Å²) in [7, 11) is 2.07. The molecular weight excluding hydrogens is 478 g/mol. The van der Waals surface area contributed by atoms with Crippen molar-refractivity contribution in [2.75, 3.05) is 33.2 Å². The van der Waals surface area contributed by atoms with Crippen molar-refractivity contribution in [3.8, 4) is 0 Å². The number of hydrogen-bond donors (Lipinski definition) is 2. The minimum Gasteiger partial charge on any atom is -0.444 e. The highest BCUT2D eigenvalue weighted by Gasteiger charge is 2.55. The fraction of sp³-hybridized carbons (Fsp3) is 0.613. The number of aryl methyl sites for hydroxylation is 1. The molecule has 2 atom stereocenters. The van der Waals surface area contributed by atoms with Gasteiger partial charge >= 0.3 is 6.09 Å². The Morgan fingerprint density at radius 1 is 1.11 bits per heavy atom. The van der Waals surface area contributed by atoms with Gasteiger partial charge in [0.05, 0.1) is 12.1 Å². The third kappa shape index (κ3) is 5.75. The number of β-amino-alcohol motifs (C(OH)–C–C–N with tert-alkyl or cyclic N) is 1. The number of pyridine rings is 1. The Bertz CT molecular complexity index is 1140. The SMILES string of the molecule is CC(C)c1ccc([C@](O)(c2cncc(CCC3(O)CCN(C(=O)OC(C)(C)C)C3)c2)C2(C)CN(C)C2)cc1. The van der Waals surface area contributed by atoms with E-state index in [0.717, 1.165) is 29.8 Å². The first-order valence-corrected chi connectivity index (χ1v) is 13.8. The summed E-state index contributed by atoms with van der Waals surface area (Å²) in [6.45, 7) is 14.3. The van der Waals surface area contributed by atoms with Crippen LogP contribution < -0.4 is 0 Å². The van der Waals surface area contributed by atoms with Crippen LogP contribution in [0.25, 0.3) is 0 Å². The maximum Gasteiger partial charge on any atom is 0.410 e. The molecule has 4 rings (SSSR count). The summed E-state index contributed by atoms with van der Waals surface area (Å²) in [4.78, 5) is 20.8. The van der Waals surface area contributed by atoms with Gasteiger partial charge < -0.3 is 24.7 Å². The van der Waals surface area contributed by atoms with Crippen molar-refractivity contribution >= 4 is 6.09 Å². The molecule has 2 saturated heterocycles. The van der Waals surface area contributed by atoms with Crippen molar-refractivity contribution in [1.29, 1.82) is 0 Å². The number of hydrogen-bond acceptors (Lipinski definition) is 6. The van der Waals surface area contributed by atoms with Crippen molar-refractivity contribution in [1.82, 2.24) is 14.8 Å². The van der Waals surface area contributed by atoms with Crippen LogP contribution in [0.15, 0.2) is 42.7 Å². The largest absolute Gasteiger partial charge is 0.444 e. The normalized spacial score (nSPS) is 23.3. The third-order valence-electron chi connectivity index (χ3n) is 8.18. The molecule has 7 heteroatoms. The highest BCUT2D eigenvalue weighted by molar-refractivity contribution is 5.68. The maximum atomic E-state index is 12.5. The van der Waals surface area contributed by atoms with Gasteiger partial charge in [0, 0.05) is 43.0 Å². The number of benzene rings is 1. The van der Waals surface area contributed by atoms with Gasteiger partial charge in [-0.2, -0.15) is 0 Å². The molecule has 3 heterocycles. The average molecular weight is 524 g/mol. The minimum atomic E-state index is -1.20. The lowest BCUT2D eigenvalue weighted by molar-refractivity contribution is -0.127. The van der Waals surface area contributed by atoms with Crippen LogP contribution in [-0.4, -0.2) is 75.5 Å². The Morgan fingerprint density at radius 3 is 2.34 bits per heavy atom. The smallest absolute Gasteiger partial charge is 0.410 e. The molecule has 2 aliphatic heterocycles. The summed E-state index contributed by atoms with van der Waals surface area (Å²) < 4.78 is 5.48. The Hall–Kier alpha value is -2.48. The zero-order valence-electron chi connectivity index (χ0n) is 24.1. The topological polar surface area (TPSA) is 86.1 Å². The molecule has 208 valence electrons. The number of rotatable bonds is 7. The zero-order chi connectivity index (χ0) is 27.9. The van der Waals surface area contributed by atoms with Crippen LogP contribution in [-0.2, 0) is 16.8 Å². The summed E-state index contributed by atoms with van der Waals surface area (Å²) in [5, 5.41) is 23.7. The molecule has 1 aromatic heterocycles. The second kappa shape index (κ2) is 10.2. The van der Waals surface area contributed by atoms with Crippen molar-refractivity contribution < 1.29 is 19.7 Å². The standard InChI is InChI=1S/C31H45N3O4/c1-22(2)24-8-10-25(11-9-24)31(37,29(6)19-33(7)20-29)26-16-23(17-32-18-26)12-13-30(36)14-15-34(21-30)27(35)38-28(3,4)5/h8-11,16-18,22,36-37H,12-15,19-21H2,1-7H3/t30?,31-/m0/s1. The van der Waals surface area contributed by atoms with Gasteiger partial charge in [-0.1, -0.05) is 45.0 Å². The third-order valence-corrected chi connectivity index (χ3v) is 8.18. The lowest BCUT2D eigenvalue weighted by atomic mass is 9.62. The van der Waals surface area contributed by atoms with Gasteiger partial charge in [-0.15, -0.1) is 0 Å². The van der Waals surface area contributed by atoms with Crippen LogP contribution in [0, 0.1) is 5.41 Å². The van der Waals surface area contributed by atoms with E-state index in [-0.39, 0.29) is 18.1 Å². The average Bonchev–Trinajstić information content (AvgIpc) is 3.23. The van der Waals surface area contributed by atoms with Crippen molar-refractivity contribution in [3.05, 3.63) is 65.0 Å². The fourth-order valence-corrected chi connectivity index (χ4v) is 6.09. The number of likely N-dealkylation sites (tertiary alicyclic amines) is 2. The van der Waals surface area contributed by atoms with E-state index >= 15 is 0 Å². The summed E-state index contributed by atoms with van der Waals surface area (Å²) in [6.07, 6.45) is 4.81. The van der Waals surface area contributed by atoms with E-state index in [1.54, 1.807) is 11.1 Å². The number of ether oxygens (including phenoxy) is 1. The molecule has 7 nitrogen and oxygen atoms in total. The Labute approximate surface area is 227 Å². The number of aromatic nitrogens is 1. The first kappa shape index (κ1) is 28.5. The molecule has 38 heavy (non-hydrogen) atoms. The lowest BCUT2D eigenvalue weighted by Crippen LogP contribution is -2.63. The molecule has 2 N–H and O–H groups in total. The summed E-state index contributed by atoms with van der Waals surface area (Å²) in [5.41, 5.74) is 0.745. The van der Waals surface area contributed by atoms with Gasteiger partial charge in [0.15, 0.2) is 0 Å². The number of nitrogens with zero attached hydrogens (tertiary/aromatic N) is 3. The number of amides is 1. The second-order valence-electron chi connectivity index (χ2n) is 13.2. The fourth-order valence-electron chi connectivity index (χ4n) is 6.09.